The summed E-state index contributed by atoms with van der Waals surface area (Å²) in [5.41, 5.74) is 2.00. The number of hydrogen-bond donors (Lipinski definition) is 2. The van der Waals surface area contributed by atoms with E-state index in [0.29, 0.717) is 12.5 Å². The van der Waals surface area contributed by atoms with E-state index in [1.165, 1.54) is 39.0 Å². The molecule has 3 rings (SSSR count). The van der Waals surface area contributed by atoms with Crippen molar-refractivity contribution in [2.75, 3.05) is 0 Å². The topological polar surface area (TPSA) is 88.4 Å². The number of carboxylic acid groups (broad SMARTS) is 1. The molecule has 2 N–H and O–H groups in total. The minimum Gasteiger partial charge on any atom is -0.480 e. The first kappa shape index (κ1) is 20.6. The van der Waals surface area contributed by atoms with Crippen molar-refractivity contribution < 1.29 is 14.7 Å². The number of amides is 1. The molecule has 0 aliphatic heterocycles. The molecule has 1 saturated carbocycles. The summed E-state index contributed by atoms with van der Waals surface area (Å²) in [5, 5.41) is 11.5. The van der Waals surface area contributed by atoms with Crippen LogP contribution in [0.1, 0.15) is 86.3 Å². The quantitative estimate of drug-likeness (QED) is 0.810. The monoisotopic (exact) mass is 388 g/mol. The number of aromatic nitrogens is 1. The van der Waals surface area contributed by atoms with Crippen LogP contribution in [0.4, 0.5) is 0 Å². The molecule has 1 heterocycles. The van der Waals surface area contributed by atoms with Gasteiger partial charge in [-0.25, -0.2) is 0 Å². The fraction of sp³-hybridized carbons (Fsp3) is 0.682. The Morgan fingerprint density at radius 3 is 2.43 bits per heavy atom. The molecule has 0 radical (unpaired) electrons. The molecule has 28 heavy (non-hydrogen) atoms. The average Bonchev–Trinajstić information content (AvgIpc) is 2.65. The van der Waals surface area contributed by atoms with Gasteiger partial charge in [0.05, 0.1) is 0 Å². The second kappa shape index (κ2) is 9.39. The van der Waals surface area contributed by atoms with Gasteiger partial charge in [0.15, 0.2) is 0 Å². The standard InChI is InChI=1S/C22H32N2O4/c1-15(22(27)28)23-20(25)18-13-17-11-7-2-3-8-12-19(17)24(21(18)26)14-16-9-5-4-6-10-16/h13,15-16H,2-12,14H2,1H3,(H,23,25)(H,27,28)/t15-/m0/s1. The van der Waals surface area contributed by atoms with E-state index in [1.54, 1.807) is 6.07 Å². The number of fused-ring (bicyclic) bond motifs is 1. The smallest absolute Gasteiger partial charge is 0.325 e. The van der Waals surface area contributed by atoms with Crippen LogP contribution in [-0.4, -0.2) is 27.6 Å². The number of carbonyl (C=O) groups is 2. The molecule has 1 amide bonds. The molecule has 6 heteroatoms. The van der Waals surface area contributed by atoms with Crippen LogP contribution < -0.4 is 10.9 Å². The van der Waals surface area contributed by atoms with Crippen LogP contribution in [0, 0.1) is 5.92 Å². The average molecular weight is 389 g/mol. The Bertz CT molecular complexity index is 777. The molecule has 1 fully saturated rings. The molecule has 2 aliphatic carbocycles. The van der Waals surface area contributed by atoms with Crippen molar-refractivity contribution in [2.24, 2.45) is 5.92 Å². The van der Waals surface area contributed by atoms with Gasteiger partial charge < -0.3 is 15.0 Å². The van der Waals surface area contributed by atoms with E-state index in [0.717, 1.165) is 49.8 Å². The molecule has 0 unspecified atom stereocenters. The number of aryl methyl sites for hydroxylation is 1. The first-order chi connectivity index (χ1) is 13.5. The summed E-state index contributed by atoms with van der Waals surface area (Å²) in [6.45, 7) is 2.09. The molecule has 0 bridgehead atoms. The summed E-state index contributed by atoms with van der Waals surface area (Å²) >= 11 is 0. The fourth-order valence-electron chi connectivity index (χ4n) is 4.55. The van der Waals surface area contributed by atoms with Gasteiger partial charge in [-0.2, -0.15) is 0 Å². The highest BCUT2D eigenvalue weighted by Gasteiger charge is 2.24. The molecule has 1 aromatic rings. The third kappa shape index (κ3) is 4.83. The Morgan fingerprint density at radius 2 is 1.75 bits per heavy atom. The van der Waals surface area contributed by atoms with E-state index in [4.69, 9.17) is 5.11 Å². The number of carboxylic acids is 1. The number of nitrogens with one attached hydrogen (secondary N) is 1. The van der Waals surface area contributed by atoms with E-state index < -0.39 is 17.9 Å². The molecular weight excluding hydrogens is 356 g/mol. The molecular formula is C22H32N2O4. The van der Waals surface area contributed by atoms with Crippen molar-refractivity contribution in [1.82, 2.24) is 9.88 Å². The Labute approximate surface area is 166 Å². The molecule has 1 atom stereocenters. The van der Waals surface area contributed by atoms with Gasteiger partial charge in [-0.1, -0.05) is 32.1 Å². The SMILES string of the molecule is C[C@H](NC(=O)c1cc2c(n(CC3CCCCC3)c1=O)CCCCCC2)C(=O)O. The molecule has 154 valence electrons. The van der Waals surface area contributed by atoms with Crippen molar-refractivity contribution in [3.8, 4) is 0 Å². The van der Waals surface area contributed by atoms with Gasteiger partial charge in [0, 0.05) is 12.2 Å². The van der Waals surface area contributed by atoms with Gasteiger partial charge in [0.1, 0.15) is 11.6 Å². The number of carbonyl (C=O) groups excluding carboxylic acids is 1. The molecule has 0 saturated heterocycles. The minimum atomic E-state index is -1.11. The molecule has 1 aromatic heterocycles. The minimum absolute atomic E-state index is 0.0863. The number of pyridine rings is 1. The van der Waals surface area contributed by atoms with Crippen molar-refractivity contribution in [1.29, 1.82) is 0 Å². The van der Waals surface area contributed by atoms with Crippen molar-refractivity contribution in [3.05, 3.63) is 33.2 Å². The second-order valence-corrected chi connectivity index (χ2v) is 8.40. The summed E-state index contributed by atoms with van der Waals surface area (Å²) < 4.78 is 1.86. The number of rotatable bonds is 5. The highest BCUT2D eigenvalue weighted by Crippen LogP contribution is 2.27. The highest BCUT2D eigenvalue weighted by molar-refractivity contribution is 5.96. The Balaban J connectivity index is 1.98. The Hall–Kier alpha value is -2.11. The van der Waals surface area contributed by atoms with Gasteiger partial charge in [-0.05, 0) is 63.0 Å². The zero-order valence-corrected chi connectivity index (χ0v) is 16.8. The van der Waals surface area contributed by atoms with Crippen molar-refractivity contribution in [2.45, 2.75) is 90.1 Å². The van der Waals surface area contributed by atoms with Crippen molar-refractivity contribution >= 4 is 11.9 Å². The zero-order valence-electron chi connectivity index (χ0n) is 16.8. The lowest BCUT2D eigenvalue weighted by Gasteiger charge is -2.26. The van der Waals surface area contributed by atoms with E-state index >= 15 is 0 Å². The number of aliphatic carboxylic acids is 1. The molecule has 0 aromatic carbocycles. The van der Waals surface area contributed by atoms with E-state index in [2.05, 4.69) is 5.32 Å². The maximum absolute atomic E-state index is 13.3. The lowest BCUT2D eigenvalue weighted by Crippen LogP contribution is -2.42. The van der Waals surface area contributed by atoms with Crippen LogP contribution in [0.5, 0.6) is 0 Å². The van der Waals surface area contributed by atoms with E-state index in [9.17, 15) is 14.4 Å². The van der Waals surface area contributed by atoms with Crippen LogP contribution in [0.15, 0.2) is 10.9 Å². The summed E-state index contributed by atoms with van der Waals surface area (Å²) in [6.07, 6.45) is 12.2. The van der Waals surface area contributed by atoms with Crippen molar-refractivity contribution in [3.63, 3.8) is 0 Å². The summed E-state index contributed by atoms with van der Waals surface area (Å²) in [5.74, 6) is -1.21. The summed E-state index contributed by atoms with van der Waals surface area (Å²) in [7, 11) is 0. The maximum Gasteiger partial charge on any atom is 0.325 e. The van der Waals surface area contributed by atoms with E-state index in [-0.39, 0.29) is 11.1 Å². The molecule has 6 nitrogen and oxygen atoms in total. The number of hydrogen-bond acceptors (Lipinski definition) is 3. The molecule has 2 aliphatic rings. The van der Waals surface area contributed by atoms with Gasteiger partial charge >= 0.3 is 5.97 Å². The van der Waals surface area contributed by atoms with E-state index in [1.807, 2.05) is 4.57 Å². The second-order valence-electron chi connectivity index (χ2n) is 8.40. The van der Waals surface area contributed by atoms with Crippen LogP contribution in [-0.2, 0) is 24.2 Å². The lowest BCUT2D eigenvalue weighted by molar-refractivity contribution is -0.138. The normalized spacial score (nSPS) is 19.2. The Morgan fingerprint density at radius 1 is 1.11 bits per heavy atom. The van der Waals surface area contributed by atoms with Gasteiger partial charge in [0.2, 0.25) is 0 Å². The highest BCUT2D eigenvalue weighted by atomic mass is 16.4. The maximum atomic E-state index is 13.3. The molecule has 0 spiro atoms. The first-order valence-electron chi connectivity index (χ1n) is 10.8. The van der Waals surface area contributed by atoms with Crippen LogP contribution >= 0.6 is 0 Å². The third-order valence-electron chi connectivity index (χ3n) is 6.23. The van der Waals surface area contributed by atoms with Gasteiger partial charge in [0.25, 0.3) is 11.5 Å². The van der Waals surface area contributed by atoms with Crippen LogP contribution in [0.25, 0.3) is 0 Å². The van der Waals surface area contributed by atoms with Gasteiger partial charge in [-0.3, -0.25) is 14.4 Å². The number of nitrogens with zero attached hydrogens (tertiary/aromatic N) is 1. The van der Waals surface area contributed by atoms with Crippen LogP contribution in [0.2, 0.25) is 0 Å². The summed E-state index contributed by atoms with van der Waals surface area (Å²) in [6, 6.07) is 0.699. The lowest BCUT2D eigenvalue weighted by atomic mass is 9.88. The Kier molecular flexibility index (Phi) is 6.92. The predicted octanol–water partition coefficient (Wildman–Crippen LogP) is 3.29. The van der Waals surface area contributed by atoms with Crippen LogP contribution in [0.3, 0.4) is 0 Å². The third-order valence-corrected chi connectivity index (χ3v) is 6.23. The largest absolute Gasteiger partial charge is 0.480 e. The fourth-order valence-corrected chi connectivity index (χ4v) is 4.55. The predicted molar refractivity (Wildman–Crippen MR) is 108 cm³/mol. The first-order valence-corrected chi connectivity index (χ1v) is 10.8. The zero-order chi connectivity index (χ0) is 20.1. The summed E-state index contributed by atoms with van der Waals surface area (Å²) in [4.78, 5) is 37.0. The van der Waals surface area contributed by atoms with Gasteiger partial charge in [-0.15, -0.1) is 0 Å².